The molecule has 0 aliphatic heterocycles. The lowest BCUT2D eigenvalue weighted by Gasteiger charge is -2.09. The molecule has 0 amide bonds. The Labute approximate surface area is 124 Å². The molecule has 0 fully saturated rings. The number of aromatic nitrogens is 3. The van der Waals surface area contributed by atoms with Crippen molar-refractivity contribution in [1.82, 2.24) is 14.8 Å². The Bertz CT molecular complexity index is 691. The number of hydrogen-bond acceptors (Lipinski definition) is 5. The van der Waals surface area contributed by atoms with Gasteiger partial charge in [-0.15, -0.1) is 0 Å². The second kappa shape index (κ2) is 6.71. The van der Waals surface area contributed by atoms with Gasteiger partial charge in [-0.3, -0.25) is 9.59 Å². The van der Waals surface area contributed by atoms with Crippen molar-refractivity contribution in [3.05, 3.63) is 42.3 Å². The van der Waals surface area contributed by atoms with Gasteiger partial charge in [-0.05, 0) is 6.42 Å². The summed E-state index contributed by atoms with van der Waals surface area (Å²) in [5.41, 5.74) is 0.909. The van der Waals surface area contributed by atoms with E-state index in [4.69, 9.17) is 11.6 Å². The minimum absolute atomic E-state index is 0.110. The smallest absolute Gasteiger partial charge is 0.304 e. The molecule has 0 unspecified atom stereocenters. The molecule has 0 saturated heterocycles. The van der Waals surface area contributed by atoms with E-state index in [0.717, 1.165) is 29.9 Å². The van der Waals surface area contributed by atoms with Crippen molar-refractivity contribution < 1.29 is 0 Å². The van der Waals surface area contributed by atoms with E-state index in [0.29, 0.717) is 18.8 Å². The summed E-state index contributed by atoms with van der Waals surface area (Å²) >= 11 is 7.14. The van der Waals surface area contributed by atoms with Crippen molar-refractivity contribution in [1.29, 1.82) is 0 Å². The number of aryl methyl sites for hydroxylation is 1. The predicted octanol–water partition coefficient (Wildman–Crippen LogP) is 2.06. The minimum atomic E-state index is -0.302. The summed E-state index contributed by atoms with van der Waals surface area (Å²) < 4.78 is 1.36. The maximum Gasteiger partial charge on any atom is 0.304 e. The zero-order chi connectivity index (χ0) is 14.5. The summed E-state index contributed by atoms with van der Waals surface area (Å²) in [6, 6.07) is 0. The van der Waals surface area contributed by atoms with E-state index in [1.165, 1.54) is 10.9 Å². The topological polar surface area (TPSA) is 79.8 Å². The first kappa shape index (κ1) is 14.8. The van der Waals surface area contributed by atoms with E-state index in [9.17, 15) is 9.59 Å². The van der Waals surface area contributed by atoms with Crippen LogP contribution in [0.5, 0.6) is 0 Å². The zero-order valence-electron chi connectivity index (χ0n) is 11.0. The Morgan fingerprint density at radius 2 is 2.30 bits per heavy atom. The van der Waals surface area contributed by atoms with Crippen molar-refractivity contribution in [2.24, 2.45) is 0 Å². The van der Waals surface area contributed by atoms with Gasteiger partial charge in [0.05, 0.1) is 18.4 Å². The highest BCUT2D eigenvalue weighted by atomic mass is 35.5. The molecule has 2 rings (SSSR count). The molecule has 0 bridgehead atoms. The van der Waals surface area contributed by atoms with Crippen LogP contribution >= 0.6 is 22.9 Å². The molecule has 2 heterocycles. The van der Waals surface area contributed by atoms with Crippen LogP contribution in [0.15, 0.2) is 21.2 Å². The summed E-state index contributed by atoms with van der Waals surface area (Å²) in [6.07, 6.45) is 3.40. The fourth-order valence-electron chi connectivity index (χ4n) is 1.65. The molecule has 0 saturated carbocycles. The normalized spacial score (nSPS) is 10.7. The molecule has 2 aromatic rings. The van der Waals surface area contributed by atoms with Gasteiger partial charge in [0.1, 0.15) is 5.02 Å². The molecule has 0 aromatic carbocycles. The fourth-order valence-corrected chi connectivity index (χ4v) is 2.44. The highest BCUT2D eigenvalue weighted by Crippen LogP contribution is 2.16. The summed E-state index contributed by atoms with van der Waals surface area (Å²) in [5.74, 6) is 0. The Kier molecular flexibility index (Phi) is 4.97. The Balaban J connectivity index is 2.11. The van der Waals surface area contributed by atoms with E-state index in [2.05, 4.69) is 15.4 Å². The van der Waals surface area contributed by atoms with Crippen LogP contribution in [0.1, 0.15) is 25.5 Å². The van der Waals surface area contributed by atoms with Crippen LogP contribution in [0.2, 0.25) is 5.02 Å². The van der Waals surface area contributed by atoms with Gasteiger partial charge in [-0.2, -0.15) is 5.10 Å². The number of anilines is 1. The maximum atomic E-state index is 12.0. The number of rotatable bonds is 6. The summed E-state index contributed by atoms with van der Waals surface area (Å²) in [6.45, 7) is 3.00. The number of aromatic amines is 1. The highest BCUT2D eigenvalue weighted by Gasteiger charge is 2.09. The molecule has 108 valence electrons. The fraction of sp³-hybridized carbons (Fsp3) is 0.417. The lowest BCUT2D eigenvalue weighted by Crippen LogP contribution is -2.24. The average Bonchev–Trinajstić information content (AvgIpc) is 2.85. The van der Waals surface area contributed by atoms with Crippen molar-refractivity contribution in [2.45, 2.75) is 32.9 Å². The molecule has 6 nitrogen and oxygen atoms in total. The lowest BCUT2D eigenvalue weighted by molar-refractivity contribution is 0.543. The Morgan fingerprint density at radius 1 is 1.50 bits per heavy atom. The number of thiazole rings is 1. The monoisotopic (exact) mass is 314 g/mol. The molecule has 2 aromatic heterocycles. The molecule has 0 aliphatic rings. The molecule has 0 spiro atoms. The first-order valence-electron chi connectivity index (χ1n) is 6.28. The molecule has 8 heteroatoms. The number of hydrogen-bond donors (Lipinski definition) is 2. The van der Waals surface area contributed by atoms with Crippen molar-refractivity contribution in [3.8, 4) is 0 Å². The quantitative estimate of drug-likeness (QED) is 0.855. The molecule has 0 aliphatic carbocycles. The predicted molar refractivity (Wildman–Crippen MR) is 80.7 cm³/mol. The van der Waals surface area contributed by atoms with Gasteiger partial charge >= 0.3 is 4.87 Å². The van der Waals surface area contributed by atoms with Gasteiger partial charge < -0.3 is 10.3 Å². The standard InChI is InChI=1S/C12H15ClN4O2S/c1-2-3-4-17-11(18)10(13)9(6-15-17)14-5-8-7-20-12(19)16-8/h6-7,14H,2-5H2,1H3,(H,16,19). The average molecular weight is 315 g/mol. The summed E-state index contributed by atoms with van der Waals surface area (Å²) in [7, 11) is 0. The summed E-state index contributed by atoms with van der Waals surface area (Å²) in [5, 5.41) is 8.92. The second-order valence-corrected chi connectivity index (χ2v) is 5.50. The van der Waals surface area contributed by atoms with Gasteiger partial charge in [-0.25, -0.2) is 4.68 Å². The highest BCUT2D eigenvalue weighted by molar-refractivity contribution is 7.07. The van der Waals surface area contributed by atoms with Crippen molar-refractivity contribution >= 4 is 28.6 Å². The molecule has 0 atom stereocenters. The maximum absolute atomic E-state index is 12.0. The van der Waals surface area contributed by atoms with Crippen LogP contribution in [-0.2, 0) is 13.1 Å². The Morgan fingerprint density at radius 3 is 2.95 bits per heavy atom. The number of nitrogens with zero attached hydrogens (tertiary/aromatic N) is 2. The van der Waals surface area contributed by atoms with Crippen LogP contribution in [-0.4, -0.2) is 14.8 Å². The number of halogens is 1. The molecular formula is C12H15ClN4O2S. The lowest BCUT2D eigenvalue weighted by atomic mass is 10.3. The first-order valence-corrected chi connectivity index (χ1v) is 7.53. The molecule has 0 radical (unpaired) electrons. The van der Waals surface area contributed by atoms with Crippen LogP contribution in [0.3, 0.4) is 0 Å². The minimum Gasteiger partial charge on any atom is -0.377 e. The zero-order valence-corrected chi connectivity index (χ0v) is 12.6. The molecule has 2 N–H and O–H groups in total. The second-order valence-electron chi connectivity index (χ2n) is 4.28. The van der Waals surface area contributed by atoms with E-state index in [1.807, 2.05) is 6.92 Å². The van der Waals surface area contributed by atoms with Crippen LogP contribution in [0, 0.1) is 0 Å². The third kappa shape index (κ3) is 3.49. The largest absolute Gasteiger partial charge is 0.377 e. The van der Waals surface area contributed by atoms with E-state index >= 15 is 0 Å². The van der Waals surface area contributed by atoms with E-state index in [-0.39, 0.29) is 15.5 Å². The molecule has 20 heavy (non-hydrogen) atoms. The first-order chi connectivity index (χ1) is 9.61. The number of unbranched alkanes of at least 4 members (excludes halogenated alkanes) is 1. The third-order valence-electron chi connectivity index (χ3n) is 2.75. The van der Waals surface area contributed by atoms with Gasteiger partial charge in [0.2, 0.25) is 0 Å². The van der Waals surface area contributed by atoms with Gasteiger partial charge in [0.15, 0.2) is 0 Å². The third-order valence-corrected chi connectivity index (χ3v) is 3.83. The van der Waals surface area contributed by atoms with Crippen LogP contribution < -0.4 is 15.7 Å². The van der Waals surface area contributed by atoms with Crippen LogP contribution in [0.25, 0.3) is 0 Å². The van der Waals surface area contributed by atoms with Crippen molar-refractivity contribution in [3.63, 3.8) is 0 Å². The Hall–Kier alpha value is -1.60. The SMILES string of the molecule is CCCCn1ncc(NCc2csc(=O)[nH]2)c(Cl)c1=O. The van der Waals surface area contributed by atoms with Gasteiger partial charge in [0.25, 0.3) is 5.56 Å². The van der Waals surface area contributed by atoms with Crippen molar-refractivity contribution in [2.75, 3.05) is 5.32 Å². The number of H-pyrrole nitrogens is 1. The number of nitrogens with one attached hydrogen (secondary N) is 2. The van der Waals surface area contributed by atoms with Gasteiger partial charge in [0, 0.05) is 17.6 Å². The van der Waals surface area contributed by atoms with Crippen LogP contribution in [0.4, 0.5) is 5.69 Å². The van der Waals surface area contributed by atoms with E-state index < -0.39 is 0 Å². The molecular weight excluding hydrogens is 300 g/mol. The van der Waals surface area contributed by atoms with E-state index in [1.54, 1.807) is 5.38 Å². The summed E-state index contributed by atoms with van der Waals surface area (Å²) in [4.78, 5) is 25.6. The van der Waals surface area contributed by atoms with Gasteiger partial charge in [-0.1, -0.05) is 36.3 Å².